The van der Waals surface area contributed by atoms with Gasteiger partial charge in [0.2, 0.25) is 11.8 Å². The number of hydrogen-bond donors (Lipinski definition) is 1. The summed E-state index contributed by atoms with van der Waals surface area (Å²) in [6, 6.07) is 0. The molecule has 0 radical (unpaired) electrons. The zero-order valence-corrected chi connectivity index (χ0v) is 10.7. The molecule has 1 N–H and O–H groups in total. The van der Waals surface area contributed by atoms with Crippen molar-refractivity contribution in [3.63, 3.8) is 0 Å². The standard InChI is InChI=1S/C11H18N2O4/c1-11(2,17-5)9(14)8-10(16-4)13-7(15-3)6-12-8/h6,9,14H,1-5H3. The van der Waals surface area contributed by atoms with Crippen LogP contribution in [0.2, 0.25) is 0 Å². The summed E-state index contributed by atoms with van der Waals surface area (Å²) < 4.78 is 15.2. The number of hydrogen-bond acceptors (Lipinski definition) is 6. The van der Waals surface area contributed by atoms with Crippen LogP contribution in [0, 0.1) is 0 Å². The van der Waals surface area contributed by atoms with E-state index >= 15 is 0 Å². The SMILES string of the molecule is COc1cnc(C(O)C(C)(C)OC)c(OC)n1. The average molecular weight is 242 g/mol. The zero-order valence-electron chi connectivity index (χ0n) is 10.7. The molecule has 0 aromatic carbocycles. The van der Waals surface area contributed by atoms with E-state index in [1.807, 2.05) is 0 Å². The Morgan fingerprint density at radius 3 is 2.35 bits per heavy atom. The molecule has 0 fully saturated rings. The Morgan fingerprint density at radius 2 is 1.88 bits per heavy atom. The van der Waals surface area contributed by atoms with Gasteiger partial charge in [0.25, 0.3) is 0 Å². The number of rotatable bonds is 5. The number of nitrogens with zero attached hydrogens (tertiary/aromatic N) is 2. The Balaban J connectivity index is 3.13. The zero-order chi connectivity index (χ0) is 13.1. The van der Waals surface area contributed by atoms with E-state index in [-0.39, 0.29) is 5.88 Å². The van der Waals surface area contributed by atoms with Crippen LogP contribution in [0.3, 0.4) is 0 Å². The van der Waals surface area contributed by atoms with Crippen LogP contribution in [-0.4, -0.2) is 42.0 Å². The lowest BCUT2D eigenvalue weighted by Crippen LogP contribution is -2.32. The fourth-order valence-electron chi connectivity index (χ4n) is 1.24. The minimum absolute atomic E-state index is 0.224. The lowest BCUT2D eigenvalue weighted by atomic mass is 9.98. The molecule has 0 aliphatic heterocycles. The van der Waals surface area contributed by atoms with Crippen LogP contribution in [0.4, 0.5) is 0 Å². The summed E-state index contributed by atoms with van der Waals surface area (Å²) >= 11 is 0. The van der Waals surface area contributed by atoms with Crippen molar-refractivity contribution in [2.24, 2.45) is 0 Å². The van der Waals surface area contributed by atoms with Crippen LogP contribution in [-0.2, 0) is 4.74 Å². The highest BCUT2D eigenvalue weighted by atomic mass is 16.5. The molecule has 0 aliphatic rings. The third kappa shape index (κ3) is 2.83. The van der Waals surface area contributed by atoms with E-state index in [2.05, 4.69) is 9.97 Å². The second kappa shape index (κ2) is 5.29. The second-order valence-electron chi connectivity index (χ2n) is 4.02. The van der Waals surface area contributed by atoms with Gasteiger partial charge in [-0.3, -0.25) is 0 Å². The van der Waals surface area contributed by atoms with E-state index in [0.29, 0.717) is 11.6 Å². The lowest BCUT2D eigenvalue weighted by molar-refractivity contribution is -0.0820. The minimum atomic E-state index is -0.944. The fraction of sp³-hybridized carbons (Fsp3) is 0.636. The molecule has 6 heteroatoms. The molecule has 96 valence electrons. The molecule has 1 unspecified atom stereocenters. The van der Waals surface area contributed by atoms with Crippen molar-refractivity contribution in [3.05, 3.63) is 11.9 Å². The number of ether oxygens (including phenoxy) is 3. The van der Waals surface area contributed by atoms with Gasteiger partial charge >= 0.3 is 0 Å². The highest BCUT2D eigenvalue weighted by Gasteiger charge is 2.33. The van der Waals surface area contributed by atoms with E-state index in [1.54, 1.807) is 13.8 Å². The van der Waals surface area contributed by atoms with Crippen LogP contribution in [0.25, 0.3) is 0 Å². The Bertz CT molecular complexity index is 382. The molecule has 0 amide bonds. The molecule has 1 aromatic heterocycles. The van der Waals surface area contributed by atoms with Crippen LogP contribution in [0.1, 0.15) is 25.6 Å². The predicted molar refractivity (Wildman–Crippen MR) is 61.2 cm³/mol. The molecule has 1 atom stereocenters. The summed E-state index contributed by atoms with van der Waals surface area (Å²) in [5.74, 6) is 0.551. The average Bonchev–Trinajstić information content (AvgIpc) is 2.36. The van der Waals surface area contributed by atoms with Crippen LogP contribution >= 0.6 is 0 Å². The summed E-state index contributed by atoms with van der Waals surface area (Å²) in [7, 11) is 4.46. The quantitative estimate of drug-likeness (QED) is 0.828. The minimum Gasteiger partial charge on any atom is -0.480 e. The first-order chi connectivity index (χ1) is 7.96. The van der Waals surface area contributed by atoms with Crippen molar-refractivity contribution in [3.8, 4) is 11.8 Å². The molecule has 0 bridgehead atoms. The number of methoxy groups -OCH3 is 3. The number of aliphatic hydroxyl groups is 1. The highest BCUT2D eigenvalue weighted by Crippen LogP contribution is 2.32. The predicted octanol–water partition coefficient (Wildman–Crippen LogP) is 0.952. The van der Waals surface area contributed by atoms with Crippen molar-refractivity contribution in [1.29, 1.82) is 0 Å². The van der Waals surface area contributed by atoms with Crippen molar-refractivity contribution in [1.82, 2.24) is 9.97 Å². The van der Waals surface area contributed by atoms with Gasteiger partial charge in [-0.25, -0.2) is 4.98 Å². The van der Waals surface area contributed by atoms with Crippen LogP contribution < -0.4 is 9.47 Å². The number of aromatic nitrogens is 2. The van der Waals surface area contributed by atoms with Crippen molar-refractivity contribution in [2.45, 2.75) is 25.6 Å². The molecule has 0 saturated heterocycles. The van der Waals surface area contributed by atoms with Gasteiger partial charge in [-0.05, 0) is 13.8 Å². The molecule has 0 saturated carbocycles. The lowest BCUT2D eigenvalue weighted by Gasteiger charge is -2.28. The van der Waals surface area contributed by atoms with Gasteiger partial charge in [-0.1, -0.05) is 0 Å². The molecule has 1 rings (SSSR count). The van der Waals surface area contributed by atoms with Gasteiger partial charge in [0.05, 0.1) is 26.0 Å². The van der Waals surface area contributed by atoms with Crippen molar-refractivity contribution < 1.29 is 19.3 Å². The third-order valence-electron chi connectivity index (χ3n) is 2.59. The normalized spacial score (nSPS) is 13.3. The largest absolute Gasteiger partial charge is 0.480 e. The van der Waals surface area contributed by atoms with Gasteiger partial charge in [0.15, 0.2) is 0 Å². The van der Waals surface area contributed by atoms with E-state index in [9.17, 15) is 5.11 Å². The van der Waals surface area contributed by atoms with Crippen LogP contribution in [0.15, 0.2) is 6.20 Å². The summed E-state index contributed by atoms with van der Waals surface area (Å²) in [6.07, 6.45) is 0.480. The van der Waals surface area contributed by atoms with E-state index in [4.69, 9.17) is 14.2 Å². The van der Waals surface area contributed by atoms with E-state index in [0.717, 1.165) is 0 Å². The van der Waals surface area contributed by atoms with E-state index < -0.39 is 11.7 Å². The first-order valence-corrected chi connectivity index (χ1v) is 5.14. The number of aliphatic hydroxyl groups excluding tert-OH is 1. The molecule has 0 aliphatic carbocycles. The molecular weight excluding hydrogens is 224 g/mol. The van der Waals surface area contributed by atoms with Crippen LogP contribution in [0.5, 0.6) is 11.8 Å². The topological polar surface area (TPSA) is 73.7 Å². The Hall–Kier alpha value is -1.40. The van der Waals surface area contributed by atoms with Gasteiger partial charge in [-0.15, -0.1) is 0 Å². The first kappa shape index (κ1) is 13.7. The summed E-state index contributed by atoms with van der Waals surface area (Å²) in [5.41, 5.74) is -0.462. The molecule has 1 heterocycles. The molecule has 6 nitrogen and oxygen atoms in total. The molecule has 0 spiro atoms. The molecular formula is C11H18N2O4. The van der Waals surface area contributed by atoms with Crippen molar-refractivity contribution in [2.75, 3.05) is 21.3 Å². The van der Waals surface area contributed by atoms with E-state index in [1.165, 1.54) is 27.5 Å². The molecule has 17 heavy (non-hydrogen) atoms. The smallest absolute Gasteiger partial charge is 0.241 e. The monoisotopic (exact) mass is 242 g/mol. The molecule has 1 aromatic rings. The maximum Gasteiger partial charge on any atom is 0.241 e. The maximum absolute atomic E-state index is 10.2. The Kier molecular flexibility index (Phi) is 4.25. The van der Waals surface area contributed by atoms with Gasteiger partial charge in [0.1, 0.15) is 11.8 Å². The van der Waals surface area contributed by atoms with Crippen molar-refractivity contribution >= 4 is 0 Å². The summed E-state index contributed by atoms with van der Waals surface area (Å²) in [5, 5.41) is 10.2. The van der Waals surface area contributed by atoms with Gasteiger partial charge < -0.3 is 19.3 Å². The van der Waals surface area contributed by atoms with Gasteiger partial charge in [0, 0.05) is 7.11 Å². The highest BCUT2D eigenvalue weighted by molar-refractivity contribution is 5.26. The van der Waals surface area contributed by atoms with Gasteiger partial charge in [-0.2, -0.15) is 4.98 Å². The maximum atomic E-state index is 10.2. The second-order valence-corrected chi connectivity index (χ2v) is 4.02. The fourth-order valence-corrected chi connectivity index (χ4v) is 1.24. The first-order valence-electron chi connectivity index (χ1n) is 5.14. The Morgan fingerprint density at radius 1 is 1.24 bits per heavy atom. The Labute approximate surface area is 101 Å². The third-order valence-corrected chi connectivity index (χ3v) is 2.59. The summed E-state index contributed by atoms with van der Waals surface area (Å²) in [4.78, 5) is 8.15. The summed E-state index contributed by atoms with van der Waals surface area (Å²) in [6.45, 7) is 3.51.